The molecule has 8 nitrogen and oxygen atoms in total. The predicted molar refractivity (Wildman–Crippen MR) is 107 cm³/mol. The maximum absolute atomic E-state index is 13.0. The van der Waals surface area contributed by atoms with Crippen LogP contribution in [0.15, 0.2) is 29.2 Å². The van der Waals surface area contributed by atoms with Gasteiger partial charge >= 0.3 is 0 Å². The second-order valence-corrected chi connectivity index (χ2v) is 8.83. The van der Waals surface area contributed by atoms with Crippen LogP contribution >= 0.6 is 12.4 Å². The van der Waals surface area contributed by atoms with Crippen LogP contribution in [0.25, 0.3) is 0 Å². The van der Waals surface area contributed by atoms with Crippen molar-refractivity contribution in [3.05, 3.63) is 35.9 Å². The average molecular weight is 428 g/mol. The fourth-order valence-electron chi connectivity index (χ4n) is 3.81. The van der Waals surface area contributed by atoms with Gasteiger partial charge in [0.25, 0.3) is 0 Å². The Kier molecular flexibility index (Phi) is 6.59. The Labute approximate surface area is 171 Å². The van der Waals surface area contributed by atoms with Gasteiger partial charge in [0, 0.05) is 38.2 Å². The van der Waals surface area contributed by atoms with Crippen molar-refractivity contribution in [2.45, 2.75) is 43.7 Å². The summed E-state index contributed by atoms with van der Waals surface area (Å²) in [6.07, 6.45) is 1.52. The first kappa shape index (κ1) is 21.0. The summed E-state index contributed by atoms with van der Waals surface area (Å²) in [5.74, 6) is 2.81. The van der Waals surface area contributed by atoms with Crippen molar-refractivity contribution in [3.63, 3.8) is 0 Å². The molecule has 1 aromatic heterocycles. The van der Waals surface area contributed by atoms with Crippen molar-refractivity contribution >= 4 is 22.4 Å². The Morgan fingerprint density at radius 2 is 2.00 bits per heavy atom. The predicted octanol–water partition coefficient (Wildman–Crippen LogP) is 1.77. The first-order valence-corrected chi connectivity index (χ1v) is 10.9. The summed E-state index contributed by atoms with van der Waals surface area (Å²) in [5, 5.41) is 12.0. The van der Waals surface area contributed by atoms with Gasteiger partial charge in [-0.15, -0.1) is 22.6 Å². The summed E-state index contributed by atoms with van der Waals surface area (Å²) in [5.41, 5.74) is 0. The minimum atomic E-state index is -3.51. The molecule has 1 N–H and O–H groups in total. The molecule has 28 heavy (non-hydrogen) atoms. The van der Waals surface area contributed by atoms with Gasteiger partial charge in [-0.25, -0.2) is 8.42 Å². The lowest BCUT2D eigenvalue weighted by Crippen LogP contribution is -2.38. The van der Waals surface area contributed by atoms with Gasteiger partial charge in [0.05, 0.1) is 18.0 Å². The number of piperidine rings is 1. The van der Waals surface area contributed by atoms with E-state index in [2.05, 4.69) is 20.1 Å². The van der Waals surface area contributed by atoms with Gasteiger partial charge in [-0.1, -0.05) is 6.07 Å². The molecule has 4 rings (SSSR count). The van der Waals surface area contributed by atoms with Gasteiger partial charge in [-0.05, 0) is 31.9 Å². The summed E-state index contributed by atoms with van der Waals surface area (Å²) < 4.78 is 35.2. The van der Waals surface area contributed by atoms with Crippen molar-refractivity contribution in [2.75, 3.05) is 26.2 Å². The van der Waals surface area contributed by atoms with Crippen molar-refractivity contribution in [1.29, 1.82) is 0 Å². The molecule has 154 valence electrons. The molecule has 1 fully saturated rings. The van der Waals surface area contributed by atoms with E-state index in [9.17, 15) is 8.42 Å². The number of sulfonamides is 1. The normalized spacial score (nSPS) is 18.3. The zero-order valence-electron chi connectivity index (χ0n) is 15.9. The molecule has 0 aliphatic carbocycles. The van der Waals surface area contributed by atoms with Crippen LogP contribution < -0.4 is 10.1 Å². The highest BCUT2D eigenvalue weighted by atomic mass is 35.5. The quantitative estimate of drug-likeness (QED) is 0.782. The molecule has 0 spiro atoms. The number of hydrogen-bond donors (Lipinski definition) is 1. The Morgan fingerprint density at radius 1 is 1.21 bits per heavy atom. The van der Waals surface area contributed by atoms with E-state index in [-0.39, 0.29) is 23.2 Å². The first-order chi connectivity index (χ1) is 13.1. The Balaban J connectivity index is 0.00000225. The molecular weight excluding hydrogens is 402 g/mol. The molecule has 2 aliphatic heterocycles. The molecule has 2 aliphatic rings. The number of aromatic nitrogens is 3. The highest BCUT2D eigenvalue weighted by Crippen LogP contribution is 2.31. The van der Waals surface area contributed by atoms with Crippen LogP contribution in [-0.2, 0) is 23.1 Å². The number of nitrogens with zero attached hydrogens (tertiary/aromatic N) is 4. The minimum Gasteiger partial charge on any atom is -0.494 e. The number of rotatable bonds is 5. The van der Waals surface area contributed by atoms with E-state index in [0.29, 0.717) is 25.4 Å². The smallest absolute Gasteiger partial charge is 0.243 e. The standard InChI is InChI=1S/C18H25N5O3S.ClH/c1-2-26-15-4-3-5-16(12-15)27(24,25)22-9-6-14(7-10-22)18-21-20-17-13-19-8-11-23(17)18;/h3-5,12,14,19H,2,6-11,13H2,1H3;1H. The second kappa shape index (κ2) is 8.77. The molecule has 1 aromatic carbocycles. The van der Waals surface area contributed by atoms with E-state index in [4.69, 9.17) is 4.74 Å². The third kappa shape index (κ3) is 4.03. The molecule has 2 aromatic rings. The van der Waals surface area contributed by atoms with E-state index in [1.807, 2.05) is 6.92 Å². The molecule has 0 radical (unpaired) electrons. The van der Waals surface area contributed by atoms with Gasteiger partial charge in [-0.2, -0.15) is 4.31 Å². The highest BCUT2D eigenvalue weighted by Gasteiger charge is 2.32. The fourth-order valence-corrected chi connectivity index (χ4v) is 5.32. The number of fused-ring (bicyclic) bond motifs is 1. The van der Waals surface area contributed by atoms with E-state index < -0.39 is 10.0 Å². The third-order valence-electron chi connectivity index (χ3n) is 5.22. The average Bonchev–Trinajstić information content (AvgIpc) is 3.13. The van der Waals surface area contributed by atoms with Gasteiger partial charge in [-0.3, -0.25) is 0 Å². The number of benzene rings is 1. The zero-order chi connectivity index (χ0) is 18.9. The molecule has 0 bridgehead atoms. The highest BCUT2D eigenvalue weighted by molar-refractivity contribution is 7.89. The molecule has 0 atom stereocenters. The van der Waals surface area contributed by atoms with E-state index in [0.717, 1.165) is 44.1 Å². The lowest BCUT2D eigenvalue weighted by molar-refractivity contribution is 0.306. The van der Waals surface area contributed by atoms with Crippen LogP contribution in [0.1, 0.15) is 37.3 Å². The molecule has 10 heteroatoms. The summed E-state index contributed by atoms with van der Waals surface area (Å²) >= 11 is 0. The fraction of sp³-hybridized carbons (Fsp3) is 0.556. The molecule has 0 unspecified atom stereocenters. The summed E-state index contributed by atoms with van der Waals surface area (Å²) in [6, 6.07) is 6.73. The number of hydrogen-bond acceptors (Lipinski definition) is 6. The van der Waals surface area contributed by atoms with Crippen LogP contribution in [0.4, 0.5) is 0 Å². The minimum absolute atomic E-state index is 0. The van der Waals surface area contributed by atoms with Crippen LogP contribution in [-0.4, -0.2) is 53.7 Å². The molecule has 0 saturated carbocycles. The summed E-state index contributed by atoms with van der Waals surface area (Å²) in [4.78, 5) is 0.290. The number of ether oxygens (including phenoxy) is 1. The lowest BCUT2D eigenvalue weighted by Gasteiger charge is -2.31. The summed E-state index contributed by atoms with van der Waals surface area (Å²) in [7, 11) is -3.51. The Bertz CT molecular complexity index is 910. The molecule has 0 amide bonds. The van der Waals surface area contributed by atoms with E-state index >= 15 is 0 Å². The number of halogens is 1. The van der Waals surface area contributed by atoms with Crippen molar-refractivity contribution in [2.24, 2.45) is 0 Å². The number of nitrogens with one attached hydrogen (secondary N) is 1. The van der Waals surface area contributed by atoms with Crippen LogP contribution in [0.2, 0.25) is 0 Å². The lowest BCUT2D eigenvalue weighted by atomic mass is 9.97. The molecule has 1 saturated heterocycles. The van der Waals surface area contributed by atoms with Crippen LogP contribution in [0.3, 0.4) is 0 Å². The van der Waals surface area contributed by atoms with Crippen LogP contribution in [0.5, 0.6) is 5.75 Å². The topological polar surface area (TPSA) is 89.4 Å². The third-order valence-corrected chi connectivity index (χ3v) is 7.12. The Morgan fingerprint density at radius 3 is 2.75 bits per heavy atom. The monoisotopic (exact) mass is 427 g/mol. The zero-order valence-corrected chi connectivity index (χ0v) is 17.5. The van der Waals surface area contributed by atoms with E-state index in [1.54, 1.807) is 28.6 Å². The van der Waals surface area contributed by atoms with Gasteiger partial charge in [0.1, 0.15) is 17.4 Å². The van der Waals surface area contributed by atoms with Crippen molar-refractivity contribution in [3.8, 4) is 5.75 Å². The van der Waals surface area contributed by atoms with E-state index in [1.165, 1.54) is 0 Å². The van der Waals surface area contributed by atoms with Crippen LogP contribution in [0, 0.1) is 0 Å². The SMILES string of the molecule is CCOc1cccc(S(=O)(=O)N2CCC(c3nnc4n3CCNC4)CC2)c1.Cl. The van der Waals surface area contributed by atoms with Gasteiger partial charge in [0.2, 0.25) is 10.0 Å². The Hall–Kier alpha value is -1.68. The molecular formula is C18H26ClN5O3S. The maximum Gasteiger partial charge on any atom is 0.243 e. The van der Waals surface area contributed by atoms with Crippen molar-refractivity contribution < 1.29 is 13.2 Å². The second-order valence-electron chi connectivity index (χ2n) is 6.89. The van der Waals surface area contributed by atoms with Crippen molar-refractivity contribution in [1.82, 2.24) is 24.4 Å². The maximum atomic E-state index is 13.0. The summed E-state index contributed by atoms with van der Waals surface area (Å²) in [6.45, 7) is 5.91. The largest absolute Gasteiger partial charge is 0.494 e. The van der Waals surface area contributed by atoms with Gasteiger partial charge < -0.3 is 14.6 Å². The first-order valence-electron chi connectivity index (χ1n) is 9.45. The van der Waals surface area contributed by atoms with Gasteiger partial charge in [0.15, 0.2) is 0 Å². The molecule has 3 heterocycles.